The van der Waals surface area contributed by atoms with E-state index in [-0.39, 0.29) is 12.1 Å². The number of piperidine rings is 1. The number of methoxy groups -OCH3 is 2. The molecule has 1 aromatic carbocycles. The van der Waals surface area contributed by atoms with E-state index < -0.39 is 22.9 Å². The van der Waals surface area contributed by atoms with Gasteiger partial charge < -0.3 is 25.4 Å². The van der Waals surface area contributed by atoms with Crippen molar-refractivity contribution in [1.29, 1.82) is 0 Å². The Balaban J connectivity index is 2.18. The molecule has 1 heterocycles. The SMILES string of the molecule is COc1ccc(C(C)NC(=O)C(=O)N2C(C)(C)CC(N)CC2(C)C)cc1OC. The number of nitrogens with zero attached hydrogens (tertiary/aromatic N) is 1. The molecule has 0 bridgehead atoms. The van der Waals surface area contributed by atoms with E-state index in [4.69, 9.17) is 15.2 Å². The minimum absolute atomic E-state index is 0.00259. The summed E-state index contributed by atoms with van der Waals surface area (Å²) in [6.07, 6.45) is 1.31. The highest BCUT2D eigenvalue weighted by molar-refractivity contribution is 6.35. The standard InChI is InChI=1S/C21H33N3O4/c1-13(14-8-9-16(27-6)17(10-14)28-7)23-18(25)19(26)24-20(2,3)11-15(22)12-21(24,4)5/h8-10,13,15H,11-12,22H2,1-7H3,(H,23,25). The van der Waals surface area contributed by atoms with Crippen LogP contribution in [0.3, 0.4) is 0 Å². The van der Waals surface area contributed by atoms with Crippen molar-refractivity contribution in [2.45, 2.75) is 70.6 Å². The van der Waals surface area contributed by atoms with E-state index in [1.54, 1.807) is 31.3 Å². The average Bonchev–Trinajstić information content (AvgIpc) is 2.58. The molecule has 0 aromatic heterocycles. The van der Waals surface area contributed by atoms with E-state index in [1.807, 2.05) is 40.7 Å². The van der Waals surface area contributed by atoms with Crippen molar-refractivity contribution < 1.29 is 19.1 Å². The summed E-state index contributed by atoms with van der Waals surface area (Å²) in [5.41, 5.74) is 5.99. The summed E-state index contributed by atoms with van der Waals surface area (Å²) in [4.78, 5) is 27.5. The molecule has 28 heavy (non-hydrogen) atoms. The predicted molar refractivity (Wildman–Crippen MR) is 108 cm³/mol. The van der Waals surface area contributed by atoms with Crippen molar-refractivity contribution in [2.24, 2.45) is 5.73 Å². The Morgan fingerprint density at radius 1 is 1.11 bits per heavy atom. The monoisotopic (exact) mass is 391 g/mol. The lowest BCUT2D eigenvalue weighted by molar-refractivity contribution is -0.159. The Kier molecular flexibility index (Phi) is 6.28. The number of nitrogens with two attached hydrogens (primary N) is 1. The van der Waals surface area contributed by atoms with Crippen LogP contribution in [-0.2, 0) is 9.59 Å². The molecule has 0 saturated carbocycles. The molecule has 2 amide bonds. The van der Waals surface area contributed by atoms with Crippen LogP contribution in [0.4, 0.5) is 0 Å². The van der Waals surface area contributed by atoms with Crippen LogP contribution >= 0.6 is 0 Å². The Morgan fingerprint density at radius 3 is 2.14 bits per heavy atom. The second-order valence-electron chi connectivity index (χ2n) is 8.74. The zero-order chi connectivity index (χ0) is 21.3. The van der Waals surface area contributed by atoms with Gasteiger partial charge in [0.25, 0.3) is 0 Å². The molecule has 0 spiro atoms. The van der Waals surface area contributed by atoms with Crippen molar-refractivity contribution in [3.05, 3.63) is 23.8 Å². The van der Waals surface area contributed by atoms with Gasteiger partial charge in [0, 0.05) is 17.1 Å². The second-order valence-corrected chi connectivity index (χ2v) is 8.74. The number of likely N-dealkylation sites (tertiary alicyclic amines) is 1. The number of nitrogens with one attached hydrogen (secondary N) is 1. The maximum atomic E-state index is 13.1. The molecule has 1 fully saturated rings. The molecule has 3 N–H and O–H groups in total. The minimum atomic E-state index is -0.626. The van der Waals surface area contributed by atoms with E-state index in [1.165, 1.54) is 0 Å². The number of carbonyl (C=O) groups excluding carboxylic acids is 2. The molecule has 2 rings (SSSR count). The highest BCUT2D eigenvalue weighted by atomic mass is 16.5. The molecule has 1 saturated heterocycles. The molecular formula is C21H33N3O4. The lowest BCUT2D eigenvalue weighted by Gasteiger charge is -2.54. The molecule has 0 aliphatic carbocycles. The topological polar surface area (TPSA) is 93.9 Å². The van der Waals surface area contributed by atoms with Gasteiger partial charge in [-0.2, -0.15) is 0 Å². The summed E-state index contributed by atoms with van der Waals surface area (Å²) in [5, 5.41) is 2.81. The summed E-state index contributed by atoms with van der Waals surface area (Å²) >= 11 is 0. The van der Waals surface area contributed by atoms with E-state index in [2.05, 4.69) is 5.32 Å². The van der Waals surface area contributed by atoms with Gasteiger partial charge in [0.2, 0.25) is 0 Å². The number of carbonyl (C=O) groups is 2. The van der Waals surface area contributed by atoms with Gasteiger partial charge >= 0.3 is 11.8 Å². The van der Waals surface area contributed by atoms with Crippen molar-refractivity contribution in [3.63, 3.8) is 0 Å². The van der Waals surface area contributed by atoms with E-state index in [0.29, 0.717) is 24.3 Å². The maximum Gasteiger partial charge on any atom is 0.312 e. The first-order valence-electron chi connectivity index (χ1n) is 9.55. The third-order valence-electron chi connectivity index (χ3n) is 5.39. The average molecular weight is 392 g/mol. The molecule has 1 aliphatic rings. The lowest BCUT2D eigenvalue weighted by Crippen LogP contribution is -2.67. The first-order valence-corrected chi connectivity index (χ1v) is 9.55. The van der Waals surface area contributed by atoms with E-state index >= 15 is 0 Å². The Hall–Kier alpha value is -2.28. The second kappa shape index (κ2) is 7.99. The van der Waals surface area contributed by atoms with E-state index in [9.17, 15) is 9.59 Å². The summed E-state index contributed by atoms with van der Waals surface area (Å²) in [6, 6.07) is 5.04. The van der Waals surface area contributed by atoms with Crippen molar-refractivity contribution in [1.82, 2.24) is 10.2 Å². The Morgan fingerprint density at radius 2 is 1.64 bits per heavy atom. The van der Waals surface area contributed by atoms with Crippen LogP contribution < -0.4 is 20.5 Å². The molecular weight excluding hydrogens is 358 g/mol. The zero-order valence-electron chi connectivity index (χ0n) is 18.0. The number of benzene rings is 1. The van der Waals surface area contributed by atoms with E-state index in [0.717, 1.165) is 5.56 Å². The first-order chi connectivity index (χ1) is 12.9. The number of ether oxygens (including phenoxy) is 2. The molecule has 1 aliphatic heterocycles. The van der Waals surface area contributed by atoms with Crippen LogP contribution in [-0.4, -0.2) is 48.1 Å². The maximum absolute atomic E-state index is 13.1. The van der Waals surface area contributed by atoms with Gasteiger partial charge in [-0.15, -0.1) is 0 Å². The van der Waals surface area contributed by atoms with Gasteiger partial charge in [0.15, 0.2) is 11.5 Å². The van der Waals surface area contributed by atoms with Crippen LogP contribution in [0.1, 0.15) is 59.1 Å². The fraction of sp³-hybridized carbons (Fsp3) is 0.619. The lowest BCUT2D eigenvalue weighted by atomic mass is 9.77. The highest BCUT2D eigenvalue weighted by Crippen LogP contribution is 2.38. The normalized spacial score (nSPS) is 19.6. The summed E-state index contributed by atoms with van der Waals surface area (Å²) in [7, 11) is 3.12. The van der Waals surface area contributed by atoms with Crippen molar-refractivity contribution >= 4 is 11.8 Å². The van der Waals surface area contributed by atoms with Crippen LogP contribution in [0.5, 0.6) is 11.5 Å². The summed E-state index contributed by atoms with van der Waals surface area (Å²) in [5.74, 6) is 0.0156. The fourth-order valence-electron chi connectivity index (χ4n) is 4.47. The number of rotatable bonds is 4. The predicted octanol–water partition coefficient (Wildman–Crippen LogP) is 2.39. The zero-order valence-corrected chi connectivity index (χ0v) is 18.0. The largest absolute Gasteiger partial charge is 0.493 e. The van der Waals surface area contributed by atoms with Crippen LogP contribution in [0, 0.1) is 0 Å². The third-order valence-corrected chi connectivity index (χ3v) is 5.39. The molecule has 0 radical (unpaired) electrons. The molecule has 1 aromatic rings. The third kappa shape index (κ3) is 4.41. The highest BCUT2D eigenvalue weighted by Gasteiger charge is 2.48. The first kappa shape index (κ1) is 22.0. The minimum Gasteiger partial charge on any atom is -0.493 e. The van der Waals surface area contributed by atoms with Crippen LogP contribution in [0.2, 0.25) is 0 Å². The number of amides is 2. The molecule has 7 nitrogen and oxygen atoms in total. The molecule has 1 atom stereocenters. The fourth-order valence-corrected chi connectivity index (χ4v) is 4.47. The molecule has 1 unspecified atom stereocenters. The number of hydrogen-bond donors (Lipinski definition) is 2. The van der Waals surface area contributed by atoms with Gasteiger partial charge in [0.05, 0.1) is 20.3 Å². The summed E-state index contributed by atoms with van der Waals surface area (Å²) < 4.78 is 10.6. The van der Waals surface area contributed by atoms with Crippen molar-refractivity contribution in [2.75, 3.05) is 14.2 Å². The van der Waals surface area contributed by atoms with Gasteiger partial charge in [0.1, 0.15) is 0 Å². The summed E-state index contributed by atoms with van der Waals surface area (Å²) in [6.45, 7) is 9.65. The van der Waals surface area contributed by atoms with Gasteiger partial charge in [-0.3, -0.25) is 9.59 Å². The van der Waals surface area contributed by atoms with Gasteiger partial charge in [-0.05, 0) is 65.2 Å². The smallest absolute Gasteiger partial charge is 0.312 e. The quantitative estimate of drug-likeness (QED) is 0.769. The Bertz CT molecular complexity index is 727. The Labute approximate surface area is 167 Å². The van der Waals surface area contributed by atoms with Gasteiger partial charge in [-0.1, -0.05) is 6.07 Å². The van der Waals surface area contributed by atoms with Gasteiger partial charge in [-0.25, -0.2) is 0 Å². The van der Waals surface area contributed by atoms with Crippen molar-refractivity contribution in [3.8, 4) is 11.5 Å². The molecule has 156 valence electrons. The molecule has 7 heteroatoms. The number of hydrogen-bond acceptors (Lipinski definition) is 5. The van der Waals surface area contributed by atoms with Crippen LogP contribution in [0.15, 0.2) is 18.2 Å². The van der Waals surface area contributed by atoms with Crippen LogP contribution in [0.25, 0.3) is 0 Å².